The van der Waals surface area contributed by atoms with E-state index in [0.29, 0.717) is 5.25 Å². The van der Waals surface area contributed by atoms with E-state index in [4.69, 9.17) is 4.74 Å². The lowest BCUT2D eigenvalue weighted by molar-refractivity contribution is 0.410. The SMILES string of the molecule is COc1ccccc1-n1nnnc1SC(C)CCc1ccccc1. The lowest BCUT2D eigenvalue weighted by atomic mass is 10.1. The minimum atomic E-state index is 0.407. The summed E-state index contributed by atoms with van der Waals surface area (Å²) in [5, 5.41) is 13.3. The third-order valence-corrected chi connectivity index (χ3v) is 4.85. The molecule has 0 N–H and O–H groups in total. The fourth-order valence-electron chi connectivity index (χ4n) is 2.46. The number of thioether (sulfide) groups is 1. The molecular weight excluding hydrogens is 320 g/mol. The smallest absolute Gasteiger partial charge is 0.214 e. The molecule has 6 heteroatoms. The van der Waals surface area contributed by atoms with Crippen LogP contribution in [-0.4, -0.2) is 32.6 Å². The minimum absolute atomic E-state index is 0.407. The predicted molar refractivity (Wildman–Crippen MR) is 95.8 cm³/mol. The minimum Gasteiger partial charge on any atom is -0.494 e. The lowest BCUT2D eigenvalue weighted by Crippen LogP contribution is -2.05. The van der Waals surface area contributed by atoms with E-state index < -0.39 is 0 Å². The Hall–Kier alpha value is -2.34. The number of aryl methyl sites for hydroxylation is 1. The summed E-state index contributed by atoms with van der Waals surface area (Å²) in [5.74, 6) is 0.753. The van der Waals surface area contributed by atoms with Crippen molar-refractivity contribution in [1.29, 1.82) is 0 Å². The van der Waals surface area contributed by atoms with E-state index in [-0.39, 0.29) is 0 Å². The molecule has 1 atom stereocenters. The Bertz CT molecular complexity index is 775. The topological polar surface area (TPSA) is 52.8 Å². The summed E-state index contributed by atoms with van der Waals surface area (Å²) >= 11 is 1.68. The first kappa shape index (κ1) is 16.5. The van der Waals surface area contributed by atoms with Gasteiger partial charge in [-0.25, -0.2) is 0 Å². The van der Waals surface area contributed by atoms with E-state index in [1.165, 1.54) is 5.56 Å². The molecule has 0 aliphatic carbocycles. The maximum atomic E-state index is 5.41. The first-order valence-electron chi connectivity index (χ1n) is 7.90. The van der Waals surface area contributed by atoms with Crippen LogP contribution in [0.25, 0.3) is 5.69 Å². The van der Waals surface area contributed by atoms with Crippen molar-refractivity contribution >= 4 is 11.8 Å². The Labute approximate surface area is 146 Å². The zero-order chi connectivity index (χ0) is 16.8. The fraction of sp³-hybridized carbons (Fsp3) is 0.278. The number of methoxy groups -OCH3 is 1. The van der Waals surface area contributed by atoms with E-state index in [2.05, 4.69) is 46.7 Å². The summed E-state index contributed by atoms with van der Waals surface area (Å²) in [4.78, 5) is 0. The molecular formula is C18H20N4OS. The molecule has 1 aromatic heterocycles. The van der Waals surface area contributed by atoms with Gasteiger partial charge in [0.2, 0.25) is 5.16 Å². The van der Waals surface area contributed by atoms with Crippen LogP contribution in [0.3, 0.4) is 0 Å². The van der Waals surface area contributed by atoms with Crippen LogP contribution in [0, 0.1) is 0 Å². The summed E-state index contributed by atoms with van der Waals surface area (Å²) in [5.41, 5.74) is 2.21. The van der Waals surface area contributed by atoms with Gasteiger partial charge >= 0.3 is 0 Å². The van der Waals surface area contributed by atoms with Crippen LogP contribution in [0.1, 0.15) is 18.9 Å². The summed E-state index contributed by atoms with van der Waals surface area (Å²) in [6.45, 7) is 2.20. The first-order chi connectivity index (χ1) is 11.8. The average Bonchev–Trinajstić information content (AvgIpc) is 3.08. The summed E-state index contributed by atoms with van der Waals surface area (Å²) in [6, 6.07) is 18.3. The predicted octanol–water partition coefficient (Wildman–Crippen LogP) is 3.78. The van der Waals surface area contributed by atoms with Crippen LogP contribution < -0.4 is 4.74 Å². The van der Waals surface area contributed by atoms with Crippen molar-refractivity contribution in [2.45, 2.75) is 30.2 Å². The van der Waals surface area contributed by atoms with Crippen LogP contribution in [0.15, 0.2) is 59.8 Å². The van der Waals surface area contributed by atoms with Gasteiger partial charge in [-0.15, -0.1) is 5.10 Å². The molecule has 0 fully saturated rings. The monoisotopic (exact) mass is 340 g/mol. The normalized spacial score (nSPS) is 12.1. The fourth-order valence-corrected chi connectivity index (χ4v) is 3.38. The number of nitrogens with zero attached hydrogens (tertiary/aromatic N) is 4. The van der Waals surface area contributed by atoms with Crippen LogP contribution in [0.4, 0.5) is 0 Å². The van der Waals surface area contributed by atoms with Crippen LogP contribution in [0.5, 0.6) is 5.75 Å². The van der Waals surface area contributed by atoms with E-state index in [1.807, 2.05) is 30.3 Å². The van der Waals surface area contributed by atoms with Crippen LogP contribution in [0.2, 0.25) is 0 Å². The molecule has 0 saturated heterocycles. The highest BCUT2D eigenvalue weighted by molar-refractivity contribution is 7.99. The average molecular weight is 340 g/mol. The Morgan fingerprint density at radius 2 is 1.83 bits per heavy atom. The number of tetrazole rings is 1. The highest BCUT2D eigenvalue weighted by Crippen LogP contribution is 2.29. The van der Waals surface area contributed by atoms with Crippen molar-refractivity contribution in [3.63, 3.8) is 0 Å². The van der Waals surface area contributed by atoms with Gasteiger partial charge in [-0.1, -0.05) is 61.2 Å². The summed E-state index contributed by atoms with van der Waals surface area (Å²) in [7, 11) is 1.65. The molecule has 2 aromatic carbocycles. The second-order valence-corrected chi connectivity index (χ2v) is 6.90. The molecule has 0 amide bonds. The van der Waals surface area contributed by atoms with Gasteiger partial charge in [0.1, 0.15) is 11.4 Å². The molecule has 0 radical (unpaired) electrons. The van der Waals surface area contributed by atoms with Crippen molar-refractivity contribution in [3.8, 4) is 11.4 Å². The molecule has 3 rings (SSSR count). The number of benzene rings is 2. The van der Waals surface area contributed by atoms with Gasteiger partial charge in [-0.3, -0.25) is 0 Å². The lowest BCUT2D eigenvalue weighted by Gasteiger charge is -2.12. The van der Waals surface area contributed by atoms with Crippen molar-refractivity contribution in [2.75, 3.05) is 7.11 Å². The van der Waals surface area contributed by atoms with Crippen molar-refractivity contribution in [1.82, 2.24) is 20.2 Å². The third-order valence-electron chi connectivity index (χ3n) is 3.74. The van der Waals surface area contributed by atoms with Gasteiger partial charge in [0.05, 0.1) is 7.11 Å². The molecule has 0 spiro atoms. The highest BCUT2D eigenvalue weighted by Gasteiger charge is 2.15. The number of rotatable bonds is 7. The first-order valence-corrected chi connectivity index (χ1v) is 8.78. The van der Waals surface area contributed by atoms with Gasteiger partial charge in [0, 0.05) is 5.25 Å². The third kappa shape index (κ3) is 3.94. The molecule has 5 nitrogen and oxygen atoms in total. The van der Waals surface area contributed by atoms with Crippen molar-refractivity contribution < 1.29 is 4.74 Å². The van der Waals surface area contributed by atoms with E-state index in [1.54, 1.807) is 23.6 Å². The van der Waals surface area contributed by atoms with E-state index in [0.717, 1.165) is 29.4 Å². The number of aromatic nitrogens is 4. The quantitative estimate of drug-likeness (QED) is 0.613. The van der Waals surface area contributed by atoms with Gasteiger partial charge in [-0.05, 0) is 41.0 Å². The second-order valence-electron chi connectivity index (χ2n) is 5.50. The van der Waals surface area contributed by atoms with Gasteiger partial charge in [0.15, 0.2) is 0 Å². The highest BCUT2D eigenvalue weighted by atomic mass is 32.2. The molecule has 3 aromatic rings. The standard InChI is InChI=1S/C18H20N4OS/c1-14(12-13-15-8-4-3-5-9-15)24-18-19-20-21-22(18)16-10-6-7-11-17(16)23-2/h3-11,14H,12-13H2,1-2H3. The number of hydrogen-bond donors (Lipinski definition) is 0. The Morgan fingerprint density at radius 3 is 2.62 bits per heavy atom. The van der Waals surface area contributed by atoms with Crippen molar-refractivity contribution in [2.24, 2.45) is 0 Å². The molecule has 1 heterocycles. The molecule has 1 unspecified atom stereocenters. The molecule has 124 valence electrons. The Balaban J connectivity index is 1.69. The second kappa shape index (κ2) is 7.97. The summed E-state index contributed by atoms with van der Waals surface area (Å²) in [6.07, 6.45) is 2.11. The molecule has 0 aliphatic heterocycles. The Morgan fingerprint density at radius 1 is 1.08 bits per heavy atom. The van der Waals surface area contributed by atoms with E-state index >= 15 is 0 Å². The van der Waals surface area contributed by atoms with Crippen LogP contribution >= 0.6 is 11.8 Å². The number of para-hydroxylation sites is 2. The molecule has 24 heavy (non-hydrogen) atoms. The zero-order valence-corrected chi connectivity index (χ0v) is 14.6. The molecule has 0 aliphatic rings. The van der Waals surface area contributed by atoms with Crippen molar-refractivity contribution in [3.05, 3.63) is 60.2 Å². The maximum absolute atomic E-state index is 5.41. The maximum Gasteiger partial charge on any atom is 0.214 e. The molecule has 0 saturated carbocycles. The van der Waals surface area contributed by atoms with Gasteiger partial charge in [0.25, 0.3) is 0 Å². The summed E-state index contributed by atoms with van der Waals surface area (Å²) < 4.78 is 7.15. The van der Waals surface area contributed by atoms with Gasteiger partial charge in [-0.2, -0.15) is 4.68 Å². The number of ether oxygens (including phenoxy) is 1. The Kier molecular flexibility index (Phi) is 5.48. The van der Waals surface area contributed by atoms with Gasteiger partial charge < -0.3 is 4.74 Å². The largest absolute Gasteiger partial charge is 0.494 e. The van der Waals surface area contributed by atoms with Crippen LogP contribution in [-0.2, 0) is 6.42 Å². The molecule has 0 bridgehead atoms. The zero-order valence-electron chi connectivity index (χ0n) is 13.8. The number of hydrogen-bond acceptors (Lipinski definition) is 5. The van der Waals surface area contributed by atoms with E-state index in [9.17, 15) is 0 Å².